The Morgan fingerprint density at radius 1 is 1.12 bits per heavy atom. The first kappa shape index (κ1) is 11.8. The standard InChI is InChI=1S/C14H14ClNO/c1-17-14-8-3-2-7-13(14)16-10-11-5-4-6-12(15)9-11/h2-9,16H,10H2,1H3. The SMILES string of the molecule is COc1ccccc1NCc1cccc(Cl)c1. The molecule has 0 radical (unpaired) electrons. The second-order valence-electron chi connectivity index (χ2n) is 3.68. The predicted octanol–water partition coefficient (Wildman–Crippen LogP) is 3.96. The van der Waals surface area contributed by atoms with Crippen molar-refractivity contribution in [2.75, 3.05) is 12.4 Å². The fraction of sp³-hybridized carbons (Fsp3) is 0.143. The fourth-order valence-electron chi connectivity index (χ4n) is 1.63. The molecule has 0 heterocycles. The summed E-state index contributed by atoms with van der Waals surface area (Å²) in [7, 11) is 1.67. The van der Waals surface area contributed by atoms with E-state index < -0.39 is 0 Å². The van der Waals surface area contributed by atoms with Gasteiger partial charge in [0.05, 0.1) is 12.8 Å². The monoisotopic (exact) mass is 247 g/mol. The number of anilines is 1. The Bertz CT molecular complexity index is 499. The third-order valence-corrected chi connectivity index (χ3v) is 2.71. The van der Waals surface area contributed by atoms with Crippen LogP contribution in [0.4, 0.5) is 5.69 Å². The molecular weight excluding hydrogens is 234 g/mol. The summed E-state index contributed by atoms with van der Waals surface area (Å²) in [5.74, 6) is 0.842. The molecule has 0 fully saturated rings. The molecule has 0 saturated heterocycles. The van der Waals surface area contributed by atoms with Gasteiger partial charge in [-0.3, -0.25) is 0 Å². The molecule has 1 N–H and O–H groups in total. The third-order valence-electron chi connectivity index (χ3n) is 2.48. The van der Waals surface area contributed by atoms with Crippen LogP contribution >= 0.6 is 11.6 Å². The number of benzene rings is 2. The normalized spacial score (nSPS) is 10.0. The van der Waals surface area contributed by atoms with Crippen molar-refractivity contribution < 1.29 is 4.74 Å². The van der Waals surface area contributed by atoms with Gasteiger partial charge in [-0.05, 0) is 29.8 Å². The summed E-state index contributed by atoms with van der Waals surface area (Å²) >= 11 is 5.93. The Morgan fingerprint density at radius 2 is 1.94 bits per heavy atom. The minimum absolute atomic E-state index is 0.723. The highest BCUT2D eigenvalue weighted by Crippen LogP contribution is 2.23. The van der Waals surface area contributed by atoms with Crippen molar-refractivity contribution in [3.63, 3.8) is 0 Å². The highest BCUT2D eigenvalue weighted by molar-refractivity contribution is 6.30. The molecule has 0 saturated carbocycles. The number of hydrogen-bond acceptors (Lipinski definition) is 2. The summed E-state index contributed by atoms with van der Waals surface area (Å²) in [4.78, 5) is 0. The topological polar surface area (TPSA) is 21.3 Å². The van der Waals surface area contributed by atoms with Crippen molar-refractivity contribution >= 4 is 17.3 Å². The molecule has 0 aliphatic heterocycles. The molecule has 0 atom stereocenters. The molecule has 0 aliphatic carbocycles. The van der Waals surface area contributed by atoms with E-state index in [0.29, 0.717) is 0 Å². The van der Waals surface area contributed by atoms with Crippen molar-refractivity contribution in [3.05, 3.63) is 59.1 Å². The molecule has 2 rings (SSSR count). The summed E-state index contributed by atoms with van der Waals surface area (Å²) in [5.41, 5.74) is 2.12. The van der Waals surface area contributed by atoms with Crippen molar-refractivity contribution in [1.29, 1.82) is 0 Å². The van der Waals surface area contributed by atoms with E-state index in [2.05, 4.69) is 5.32 Å². The average Bonchev–Trinajstić information content (AvgIpc) is 2.37. The van der Waals surface area contributed by atoms with Gasteiger partial charge in [-0.15, -0.1) is 0 Å². The van der Waals surface area contributed by atoms with E-state index in [1.54, 1.807) is 7.11 Å². The second kappa shape index (κ2) is 5.60. The van der Waals surface area contributed by atoms with Crippen LogP contribution in [-0.4, -0.2) is 7.11 Å². The number of ether oxygens (including phenoxy) is 1. The molecule has 2 aromatic rings. The lowest BCUT2D eigenvalue weighted by atomic mass is 10.2. The highest BCUT2D eigenvalue weighted by Gasteiger charge is 2.00. The first-order valence-electron chi connectivity index (χ1n) is 5.41. The zero-order chi connectivity index (χ0) is 12.1. The van der Waals surface area contributed by atoms with Crippen LogP contribution in [0.1, 0.15) is 5.56 Å². The minimum Gasteiger partial charge on any atom is -0.495 e. The summed E-state index contributed by atoms with van der Waals surface area (Å²) < 4.78 is 5.27. The Balaban J connectivity index is 2.07. The molecule has 3 heteroatoms. The number of halogens is 1. The van der Waals surface area contributed by atoms with E-state index in [1.807, 2.05) is 48.5 Å². The lowest BCUT2D eigenvalue weighted by molar-refractivity contribution is 0.416. The lowest BCUT2D eigenvalue weighted by Gasteiger charge is -2.10. The maximum atomic E-state index is 5.93. The molecule has 17 heavy (non-hydrogen) atoms. The summed E-state index contributed by atoms with van der Waals surface area (Å²) in [6, 6.07) is 15.6. The van der Waals surface area contributed by atoms with E-state index in [0.717, 1.165) is 28.6 Å². The van der Waals surface area contributed by atoms with Crippen LogP contribution in [0, 0.1) is 0 Å². The number of nitrogens with one attached hydrogen (secondary N) is 1. The Hall–Kier alpha value is -1.67. The maximum Gasteiger partial charge on any atom is 0.141 e. The smallest absolute Gasteiger partial charge is 0.141 e. The van der Waals surface area contributed by atoms with Crippen LogP contribution < -0.4 is 10.1 Å². The van der Waals surface area contributed by atoms with E-state index in [1.165, 1.54) is 0 Å². The van der Waals surface area contributed by atoms with Crippen LogP contribution in [-0.2, 0) is 6.54 Å². The summed E-state index contributed by atoms with van der Waals surface area (Å²) in [6.45, 7) is 0.723. The van der Waals surface area contributed by atoms with Gasteiger partial charge >= 0.3 is 0 Å². The van der Waals surface area contributed by atoms with Gasteiger partial charge < -0.3 is 10.1 Å². The van der Waals surface area contributed by atoms with Crippen molar-refractivity contribution in [3.8, 4) is 5.75 Å². The summed E-state index contributed by atoms with van der Waals surface area (Å²) in [6.07, 6.45) is 0. The molecule has 2 nitrogen and oxygen atoms in total. The van der Waals surface area contributed by atoms with Crippen LogP contribution in [0.2, 0.25) is 5.02 Å². The first-order chi connectivity index (χ1) is 8.29. The van der Waals surface area contributed by atoms with Crippen molar-refractivity contribution in [1.82, 2.24) is 0 Å². The molecule has 0 amide bonds. The first-order valence-corrected chi connectivity index (χ1v) is 5.79. The van der Waals surface area contributed by atoms with Gasteiger partial charge in [0.15, 0.2) is 0 Å². The van der Waals surface area contributed by atoms with Gasteiger partial charge in [-0.1, -0.05) is 35.9 Å². The number of methoxy groups -OCH3 is 1. The zero-order valence-electron chi connectivity index (χ0n) is 9.61. The molecular formula is C14H14ClNO. The number of para-hydroxylation sites is 2. The zero-order valence-corrected chi connectivity index (χ0v) is 10.4. The third kappa shape index (κ3) is 3.14. The molecule has 0 aliphatic rings. The molecule has 0 bridgehead atoms. The molecule has 0 unspecified atom stereocenters. The molecule has 0 spiro atoms. The number of rotatable bonds is 4. The van der Waals surface area contributed by atoms with Crippen molar-refractivity contribution in [2.24, 2.45) is 0 Å². The lowest BCUT2D eigenvalue weighted by Crippen LogP contribution is -2.00. The highest BCUT2D eigenvalue weighted by atomic mass is 35.5. The van der Waals surface area contributed by atoms with Gasteiger partial charge in [0, 0.05) is 11.6 Å². The van der Waals surface area contributed by atoms with E-state index in [9.17, 15) is 0 Å². The Morgan fingerprint density at radius 3 is 2.71 bits per heavy atom. The minimum atomic E-state index is 0.723. The maximum absolute atomic E-state index is 5.93. The van der Waals surface area contributed by atoms with Gasteiger partial charge in [0.25, 0.3) is 0 Å². The van der Waals surface area contributed by atoms with Gasteiger partial charge in [0.2, 0.25) is 0 Å². The molecule has 88 valence electrons. The summed E-state index contributed by atoms with van der Waals surface area (Å²) in [5, 5.41) is 4.08. The molecule has 0 aromatic heterocycles. The van der Waals surface area contributed by atoms with Crippen LogP contribution in [0.15, 0.2) is 48.5 Å². The Kier molecular flexibility index (Phi) is 3.89. The molecule has 2 aromatic carbocycles. The van der Waals surface area contributed by atoms with Crippen LogP contribution in [0.5, 0.6) is 5.75 Å². The number of hydrogen-bond donors (Lipinski definition) is 1. The fourth-order valence-corrected chi connectivity index (χ4v) is 1.85. The quantitative estimate of drug-likeness (QED) is 0.883. The van der Waals surface area contributed by atoms with Gasteiger partial charge in [0.1, 0.15) is 5.75 Å². The van der Waals surface area contributed by atoms with E-state index in [-0.39, 0.29) is 0 Å². The predicted molar refractivity (Wildman–Crippen MR) is 71.8 cm³/mol. The van der Waals surface area contributed by atoms with Crippen LogP contribution in [0.25, 0.3) is 0 Å². The van der Waals surface area contributed by atoms with Crippen LogP contribution in [0.3, 0.4) is 0 Å². The van der Waals surface area contributed by atoms with Crippen molar-refractivity contribution in [2.45, 2.75) is 6.54 Å². The van der Waals surface area contributed by atoms with E-state index >= 15 is 0 Å². The van der Waals surface area contributed by atoms with Gasteiger partial charge in [-0.2, -0.15) is 0 Å². The Labute approximate surface area is 106 Å². The second-order valence-corrected chi connectivity index (χ2v) is 4.12. The van der Waals surface area contributed by atoms with E-state index in [4.69, 9.17) is 16.3 Å². The largest absolute Gasteiger partial charge is 0.495 e. The van der Waals surface area contributed by atoms with Gasteiger partial charge in [-0.25, -0.2) is 0 Å². The average molecular weight is 248 g/mol.